The van der Waals surface area contributed by atoms with Gasteiger partial charge in [-0.25, -0.2) is 0 Å². The molecule has 1 saturated carbocycles. The van der Waals surface area contributed by atoms with Crippen molar-refractivity contribution in [2.75, 3.05) is 0 Å². The molecule has 0 aromatic rings. The van der Waals surface area contributed by atoms with E-state index in [1.807, 2.05) is 0 Å². The zero-order valence-corrected chi connectivity index (χ0v) is 8.25. The number of amides is 1. The van der Waals surface area contributed by atoms with E-state index in [1.165, 1.54) is 19.8 Å². The van der Waals surface area contributed by atoms with Gasteiger partial charge in [-0.3, -0.25) is 4.79 Å². The molecule has 1 rings (SSSR count). The normalized spacial score (nSPS) is 30.3. The molecule has 0 heterocycles. The third-order valence-corrected chi connectivity index (χ3v) is 2.62. The molecule has 0 saturated heterocycles. The molecule has 0 aromatic carbocycles. The molecule has 0 bridgehead atoms. The summed E-state index contributed by atoms with van der Waals surface area (Å²) in [5.74, 6) is -0.0374. The summed E-state index contributed by atoms with van der Waals surface area (Å²) in [5, 5.41) is 12.5. The number of rotatable bonds is 1. The second-order valence-electron chi connectivity index (χ2n) is 3.87. The minimum absolute atomic E-state index is 0.0159. The van der Waals surface area contributed by atoms with Crippen molar-refractivity contribution in [3.63, 3.8) is 0 Å². The predicted octanol–water partition coefficient (Wildman–Crippen LogP) is 1.21. The average molecular weight is 185 g/mol. The van der Waals surface area contributed by atoms with E-state index in [4.69, 9.17) is 0 Å². The maximum absolute atomic E-state index is 10.8. The van der Waals surface area contributed by atoms with E-state index in [9.17, 15) is 9.90 Å². The maximum atomic E-state index is 10.8. The van der Waals surface area contributed by atoms with E-state index < -0.39 is 0 Å². The van der Waals surface area contributed by atoms with Crippen LogP contribution in [0.25, 0.3) is 0 Å². The van der Waals surface area contributed by atoms with Gasteiger partial charge in [-0.2, -0.15) is 0 Å². The molecule has 1 amide bonds. The number of hydrogen-bond acceptors (Lipinski definition) is 2. The Kier molecular flexibility index (Phi) is 4.22. The van der Waals surface area contributed by atoms with Gasteiger partial charge < -0.3 is 10.4 Å². The third-order valence-electron chi connectivity index (χ3n) is 2.62. The van der Waals surface area contributed by atoms with Crippen molar-refractivity contribution in [1.82, 2.24) is 5.32 Å². The Labute approximate surface area is 79.5 Å². The van der Waals surface area contributed by atoms with Crippen LogP contribution in [0.3, 0.4) is 0 Å². The number of aliphatic hydroxyl groups excluding tert-OH is 1. The highest BCUT2D eigenvalue weighted by Gasteiger charge is 2.20. The van der Waals surface area contributed by atoms with Crippen molar-refractivity contribution in [3.8, 4) is 0 Å². The Morgan fingerprint density at radius 2 is 1.85 bits per heavy atom. The van der Waals surface area contributed by atoms with Crippen LogP contribution in [0.2, 0.25) is 0 Å². The first-order chi connectivity index (χ1) is 6.20. The monoisotopic (exact) mass is 185 g/mol. The molecular weight excluding hydrogens is 166 g/mol. The number of hydrogen-bond donors (Lipinski definition) is 2. The molecule has 13 heavy (non-hydrogen) atoms. The van der Waals surface area contributed by atoms with Crippen LogP contribution in [0.15, 0.2) is 0 Å². The van der Waals surface area contributed by atoms with Gasteiger partial charge in [-0.1, -0.05) is 25.7 Å². The fraction of sp³-hybridized carbons (Fsp3) is 0.900. The number of aliphatic hydroxyl groups is 1. The summed E-state index contributed by atoms with van der Waals surface area (Å²) in [6, 6.07) is -0.0159. The molecule has 3 nitrogen and oxygen atoms in total. The Bertz CT molecular complexity index is 170. The molecule has 1 aliphatic rings. The lowest BCUT2D eigenvalue weighted by molar-refractivity contribution is -0.120. The first kappa shape index (κ1) is 10.5. The molecule has 0 radical (unpaired) electrons. The lowest BCUT2D eigenvalue weighted by Crippen LogP contribution is -2.42. The first-order valence-corrected chi connectivity index (χ1v) is 5.15. The Balaban J connectivity index is 2.41. The summed E-state index contributed by atoms with van der Waals surface area (Å²) in [5.41, 5.74) is 0. The zero-order chi connectivity index (χ0) is 9.68. The highest BCUT2D eigenvalue weighted by molar-refractivity contribution is 5.73. The lowest BCUT2D eigenvalue weighted by atomic mass is 9.94. The van der Waals surface area contributed by atoms with E-state index in [2.05, 4.69) is 5.32 Å². The van der Waals surface area contributed by atoms with Gasteiger partial charge in [0.15, 0.2) is 0 Å². The minimum atomic E-state index is -0.343. The summed E-state index contributed by atoms with van der Waals surface area (Å²) >= 11 is 0. The SMILES string of the molecule is CC(=O)N[C@@H]1CCCCCC[C@H]1O. The summed E-state index contributed by atoms with van der Waals surface area (Å²) in [6.07, 6.45) is 6.03. The summed E-state index contributed by atoms with van der Waals surface area (Å²) in [6.45, 7) is 1.51. The number of nitrogens with one attached hydrogen (secondary N) is 1. The quantitative estimate of drug-likeness (QED) is 0.645. The van der Waals surface area contributed by atoms with Crippen molar-refractivity contribution in [3.05, 3.63) is 0 Å². The zero-order valence-electron chi connectivity index (χ0n) is 8.25. The van der Waals surface area contributed by atoms with Crippen LogP contribution < -0.4 is 5.32 Å². The van der Waals surface area contributed by atoms with E-state index in [1.54, 1.807) is 0 Å². The van der Waals surface area contributed by atoms with Gasteiger partial charge in [0, 0.05) is 6.92 Å². The van der Waals surface area contributed by atoms with Crippen LogP contribution in [0, 0.1) is 0 Å². The third kappa shape index (κ3) is 3.77. The largest absolute Gasteiger partial charge is 0.391 e. The van der Waals surface area contributed by atoms with Gasteiger partial charge in [-0.05, 0) is 12.8 Å². The average Bonchev–Trinajstić information content (AvgIpc) is 2.04. The van der Waals surface area contributed by atoms with E-state index in [0.717, 1.165) is 25.7 Å². The highest BCUT2D eigenvalue weighted by Crippen LogP contribution is 2.17. The van der Waals surface area contributed by atoms with Gasteiger partial charge in [0.1, 0.15) is 0 Å². The molecule has 0 spiro atoms. The molecule has 3 heteroatoms. The first-order valence-electron chi connectivity index (χ1n) is 5.15. The molecule has 0 aliphatic heterocycles. The van der Waals surface area contributed by atoms with Crippen molar-refractivity contribution in [1.29, 1.82) is 0 Å². The fourth-order valence-electron chi connectivity index (χ4n) is 1.89. The molecule has 1 fully saturated rings. The molecule has 1 aliphatic carbocycles. The van der Waals surface area contributed by atoms with Crippen molar-refractivity contribution in [2.45, 2.75) is 57.6 Å². The number of carbonyl (C=O) groups is 1. The predicted molar refractivity (Wildman–Crippen MR) is 51.3 cm³/mol. The van der Waals surface area contributed by atoms with Crippen LogP contribution in [0.5, 0.6) is 0 Å². The van der Waals surface area contributed by atoms with E-state index in [0.29, 0.717) is 0 Å². The minimum Gasteiger partial charge on any atom is -0.391 e. The standard InChI is InChI=1S/C10H19NO2/c1-8(12)11-9-6-4-2-3-5-7-10(9)13/h9-10,13H,2-7H2,1H3,(H,11,12)/t9-,10-/m1/s1. The van der Waals surface area contributed by atoms with Crippen LogP contribution in [-0.2, 0) is 4.79 Å². The molecule has 2 atom stereocenters. The van der Waals surface area contributed by atoms with Gasteiger partial charge in [0.25, 0.3) is 0 Å². The smallest absolute Gasteiger partial charge is 0.217 e. The van der Waals surface area contributed by atoms with Crippen LogP contribution >= 0.6 is 0 Å². The van der Waals surface area contributed by atoms with Gasteiger partial charge in [0.05, 0.1) is 12.1 Å². The van der Waals surface area contributed by atoms with Crippen molar-refractivity contribution < 1.29 is 9.90 Å². The second kappa shape index (κ2) is 5.22. The Hall–Kier alpha value is -0.570. The van der Waals surface area contributed by atoms with Gasteiger partial charge >= 0.3 is 0 Å². The van der Waals surface area contributed by atoms with Crippen LogP contribution in [0.4, 0.5) is 0 Å². The number of carbonyl (C=O) groups excluding carboxylic acids is 1. The summed E-state index contributed by atoms with van der Waals surface area (Å²) < 4.78 is 0. The van der Waals surface area contributed by atoms with Crippen LogP contribution in [0.1, 0.15) is 45.4 Å². The molecule has 76 valence electrons. The maximum Gasteiger partial charge on any atom is 0.217 e. The van der Waals surface area contributed by atoms with Crippen LogP contribution in [-0.4, -0.2) is 23.2 Å². The Morgan fingerprint density at radius 1 is 1.23 bits per heavy atom. The van der Waals surface area contributed by atoms with Gasteiger partial charge in [-0.15, -0.1) is 0 Å². The Morgan fingerprint density at radius 3 is 2.46 bits per heavy atom. The van der Waals surface area contributed by atoms with Crippen molar-refractivity contribution >= 4 is 5.91 Å². The van der Waals surface area contributed by atoms with E-state index >= 15 is 0 Å². The molecular formula is C10H19NO2. The molecule has 0 unspecified atom stereocenters. The second-order valence-corrected chi connectivity index (χ2v) is 3.87. The van der Waals surface area contributed by atoms with E-state index in [-0.39, 0.29) is 18.1 Å². The fourth-order valence-corrected chi connectivity index (χ4v) is 1.89. The van der Waals surface area contributed by atoms with Crippen molar-refractivity contribution in [2.24, 2.45) is 0 Å². The molecule has 0 aromatic heterocycles. The summed E-state index contributed by atoms with van der Waals surface area (Å²) in [4.78, 5) is 10.8. The summed E-state index contributed by atoms with van der Waals surface area (Å²) in [7, 11) is 0. The lowest BCUT2D eigenvalue weighted by Gasteiger charge is -2.25. The topological polar surface area (TPSA) is 49.3 Å². The highest BCUT2D eigenvalue weighted by atomic mass is 16.3. The molecule has 2 N–H and O–H groups in total. The van der Waals surface area contributed by atoms with Gasteiger partial charge in [0.2, 0.25) is 5.91 Å².